The molecule has 0 N–H and O–H groups in total. The van der Waals surface area contributed by atoms with Gasteiger partial charge in [-0.05, 0) is 24.5 Å². The number of amides is 1. The lowest BCUT2D eigenvalue weighted by molar-refractivity contribution is 0.0715. The average Bonchev–Trinajstić information content (AvgIpc) is 3.17. The summed E-state index contributed by atoms with van der Waals surface area (Å²) in [4.78, 5) is 28.4. The van der Waals surface area contributed by atoms with E-state index in [1.54, 1.807) is 6.20 Å². The first kappa shape index (κ1) is 16.8. The molecule has 4 heterocycles. The molecular weight excluding hydrogens is 332 g/mol. The second kappa shape index (κ2) is 6.90. The molecule has 0 aliphatic carbocycles. The molecule has 7 nitrogen and oxygen atoms in total. The minimum atomic E-state index is -0.137. The molecule has 1 saturated heterocycles. The number of fused-ring (bicyclic) bond motifs is 1. The van der Waals surface area contributed by atoms with Crippen LogP contribution in [0.5, 0.6) is 11.6 Å². The number of pyridine rings is 1. The van der Waals surface area contributed by atoms with Crippen LogP contribution < -0.4 is 9.47 Å². The van der Waals surface area contributed by atoms with Crippen LogP contribution in [0.2, 0.25) is 0 Å². The zero-order valence-electron chi connectivity index (χ0n) is 15.0. The van der Waals surface area contributed by atoms with Crippen molar-refractivity contribution in [1.82, 2.24) is 19.9 Å². The van der Waals surface area contributed by atoms with Crippen LogP contribution in [0.4, 0.5) is 0 Å². The largest absolute Gasteiger partial charge is 0.483 e. The van der Waals surface area contributed by atoms with Gasteiger partial charge in [-0.2, -0.15) is 4.98 Å². The van der Waals surface area contributed by atoms with E-state index in [1.165, 1.54) is 0 Å². The summed E-state index contributed by atoms with van der Waals surface area (Å²) in [6.45, 7) is 5.50. The monoisotopic (exact) mass is 354 g/mol. The molecule has 4 rings (SSSR count). The Balaban J connectivity index is 1.72. The molecule has 0 bridgehead atoms. The molecule has 0 aromatic carbocycles. The Bertz CT molecular complexity index is 810. The number of carbonyl (C=O) groups is 1. The van der Waals surface area contributed by atoms with Crippen LogP contribution in [-0.2, 0) is 0 Å². The maximum absolute atomic E-state index is 13.4. The number of hydrogen-bond donors (Lipinski definition) is 0. The third-order valence-electron chi connectivity index (χ3n) is 4.72. The fraction of sp³-hybridized carbons (Fsp3) is 0.474. The van der Waals surface area contributed by atoms with Crippen molar-refractivity contribution in [3.8, 4) is 11.6 Å². The summed E-state index contributed by atoms with van der Waals surface area (Å²) in [5.74, 6) is 1.28. The van der Waals surface area contributed by atoms with Crippen molar-refractivity contribution in [2.75, 3.05) is 19.8 Å². The van der Waals surface area contributed by atoms with Gasteiger partial charge in [0.1, 0.15) is 19.0 Å². The Morgan fingerprint density at radius 3 is 2.88 bits per heavy atom. The number of carbonyl (C=O) groups excluding carboxylic acids is 1. The van der Waals surface area contributed by atoms with Crippen molar-refractivity contribution in [2.24, 2.45) is 0 Å². The predicted molar refractivity (Wildman–Crippen MR) is 94.4 cm³/mol. The molecule has 1 unspecified atom stereocenters. The van der Waals surface area contributed by atoms with Crippen LogP contribution in [0.15, 0.2) is 24.5 Å². The minimum Gasteiger partial charge on any atom is -0.483 e. The molecule has 26 heavy (non-hydrogen) atoms. The van der Waals surface area contributed by atoms with Gasteiger partial charge in [-0.25, -0.2) is 4.98 Å². The van der Waals surface area contributed by atoms with Crippen molar-refractivity contribution < 1.29 is 14.3 Å². The van der Waals surface area contributed by atoms with Gasteiger partial charge in [0, 0.05) is 24.9 Å². The molecule has 2 aliphatic rings. The number of nitrogens with zero attached hydrogens (tertiary/aromatic N) is 4. The Morgan fingerprint density at radius 2 is 2.12 bits per heavy atom. The lowest BCUT2D eigenvalue weighted by Crippen LogP contribution is -2.33. The van der Waals surface area contributed by atoms with Gasteiger partial charge in [0.05, 0.1) is 6.04 Å². The number of ether oxygens (including phenoxy) is 2. The van der Waals surface area contributed by atoms with E-state index in [9.17, 15) is 4.79 Å². The summed E-state index contributed by atoms with van der Waals surface area (Å²) in [7, 11) is 0. The summed E-state index contributed by atoms with van der Waals surface area (Å²) in [5.41, 5.74) is 1.34. The fourth-order valence-corrected chi connectivity index (χ4v) is 3.43. The van der Waals surface area contributed by atoms with E-state index in [0.29, 0.717) is 42.9 Å². The van der Waals surface area contributed by atoms with Crippen molar-refractivity contribution in [3.05, 3.63) is 41.6 Å². The van der Waals surface area contributed by atoms with Gasteiger partial charge in [0.25, 0.3) is 11.8 Å². The Labute approximate surface area is 152 Å². The zero-order chi connectivity index (χ0) is 18.1. The zero-order valence-corrected chi connectivity index (χ0v) is 15.0. The first-order valence-corrected chi connectivity index (χ1v) is 9.03. The average molecular weight is 354 g/mol. The predicted octanol–water partition coefficient (Wildman–Crippen LogP) is 2.74. The van der Waals surface area contributed by atoms with Crippen molar-refractivity contribution in [2.45, 2.75) is 38.6 Å². The first-order chi connectivity index (χ1) is 12.6. The molecule has 136 valence electrons. The normalized spacial score (nSPS) is 19.0. The first-order valence-electron chi connectivity index (χ1n) is 9.03. The summed E-state index contributed by atoms with van der Waals surface area (Å²) in [5, 5.41) is 0. The van der Waals surface area contributed by atoms with Crippen molar-refractivity contribution >= 4 is 5.91 Å². The maximum atomic E-state index is 13.4. The molecule has 1 fully saturated rings. The van der Waals surface area contributed by atoms with E-state index in [0.717, 1.165) is 18.4 Å². The van der Waals surface area contributed by atoms with Gasteiger partial charge in [-0.15, -0.1) is 0 Å². The van der Waals surface area contributed by atoms with Crippen LogP contribution in [0.25, 0.3) is 0 Å². The van der Waals surface area contributed by atoms with Crippen molar-refractivity contribution in [1.29, 1.82) is 0 Å². The van der Waals surface area contributed by atoms with E-state index in [1.807, 2.05) is 37.1 Å². The second-order valence-electron chi connectivity index (χ2n) is 6.86. The standard InChI is InChI=1S/C19H22N4O3/c1-12(2)17-21-15(16-18(22-17)26-10-9-25-16)19(24)23-8-4-6-14(23)13-5-3-7-20-11-13/h3,5,7,11-12,14H,4,6,8-10H2,1-2H3. The summed E-state index contributed by atoms with van der Waals surface area (Å²) >= 11 is 0. The van der Waals surface area contributed by atoms with Gasteiger partial charge in [-0.3, -0.25) is 9.78 Å². The van der Waals surface area contributed by atoms with E-state index >= 15 is 0 Å². The molecule has 0 saturated carbocycles. The number of rotatable bonds is 3. The summed E-state index contributed by atoms with van der Waals surface area (Å²) in [6.07, 6.45) is 5.43. The van der Waals surface area contributed by atoms with E-state index in [-0.39, 0.29) is 17.9 Å². The van der Waals surface area contributed by atoms with Gasteiger partial charge < -0.3 is 14.4 Å². The third kappa shape index (κ3) is 2.98. The second-order valence-corrected chi connectivity index (χ2v) is 6.86. The fourth-order valence-electron chi connectivity index (χ4n) is 3.43. The third-order valence-corrected chi connectivity index (χ3v) is 4.72. The highest BCUT2D eigenvalue weighted by molar-refractivity contribution is 5.96. The van der Waals surface area contributed by atoms with Crippen LogP contribution in [-0.4, -0.2) is 45.5 Å². The highest BCUT2D eigenvalue weighted by atomic mass is 16.6. The molecule has 7 heteroatoms. The van der Waals surface area contributed by atoms with Gasteiger partial charge >= 0.3 is 0 Å². The molecule has 0 spiro atoms. The van der Waals surface area contributed by atoms with Crippen LogP contribution in [0.3, 0.4) is 0 Å². The van der Waals surface area contributed by atoms with E-state index in [4.69, 9.17) is 9.47 Å². The number of aromatic nitrogens is 3. The molecule has 2 aliphatic heterocycles. The highest BCUT2D eigenvalue weighted by Gasteiger charge is 2.35. The van der Waals surface area contributed by atoms with Crippen molar-refractivity contribution in [3.63, 3.8) is 0 Å². The lowest BCUT2D eigenvalue weighted by atomic mass is 10.1. The molecule has 1 atom stereocenters. The Kier molecular flexibility index (Phi) is 4.44. The number of hydrogen-bond acceptors (Lipinski definition) is 6. The molecule has 0 radical (unpaired) electrons. The Morgan fingerprint density at radius 1 is 1.27 bits per heavy atom. The Hall–Kier alpha value is -2.70. The lowest BCUT2D eigenvalue weighted by Gasteiger charge is -2.27. The van der Waals surface area contributed by atoms with E-state index < -0.39 is 0 Å². The molecule has 2 aromatic rings. The van der Waals surface area contributed by atoms with Gasteiger partial charge in [-0.1, -0.05) is 19.9 Å². The van der Waals surface area contributed by atoms with Crippen LogP contribution in [0, 0.1) is 0 Å². The highest BCUT2D eigenvalue weighted by Crippen LogP contribution is 2.37. The summed E-state index contributed by atoms with van der Waals surface area (Å²) < 4.78 is 11.3. The van der Waals surface area contributed by atoms with Gasteiger partial charge in [0.15, 0.2) is 5.69 Å². The molecule has 1 amide bonds. The maximum Gasteiger partial charge on any atom is 0.277 e. The SMILES string of the molecule is CC(C)c1nc2c(c(C(=O)N3CCCC3c3cccnc3)n1)OCCO2. The van der Waals surface area contributed by atoms with E-state index in [2.05, 4.69) is 15.0 Å². The van der Waals surface area contributed by atoms with Crippen LogP contribution in [0.1, 0.15) is 60.5 Å². The minimum absolute atomic E-state index is 0.00817. The summed E-state index contributed by atoms with van der Waals surface area (Å²) in [6, 6.07) is 3.92. The smallest absolute Gasteiger partial charge is 0.277 e. The quantitative estimate of drug-likeness (QED) is 0.843. The topological polar surface area (TPSA) is 77.4 Å². The van der Waals surface area contributed by atoms with Gasteiger partial charge in [0.2, 0.25) is 5.75 Å². The van der Waals surface area contributed by atoms with Crippen LogP contribution >= 0.6 is 0 Å². The molecule has 2 aromatic heterocycles. The number of likely N-dealkylation sites (tertiary alicyclic amines) is 1. The molecular formula is C19H22N4O3.